The van der Waals surface area contributed by atoms with Crippen LogP contribution in [0.4, 0.5) is 4.39 Å². The number of rotatable bonds is 5. The lowest BCUT2D eigenvalue weighted by Crippen LogP contribution is -2.22. The summed E-state index contributed by atoms with van der Waals surface area (Å²) in [6.45, 7) is 2.94. The molecule has 0 bridgehead atoms. The Kier molecular flexibility index (Phi) is 4.50. The van der Waals surface area contributed by atoms with Gasteiger partial charge in [-0.25, -0.2) is 9.18 Å². The molecule has 1 fully saturated rings. The Morgan fingerprint density at radius 3 is 3.05 bits per heavy atom. The molecule has 0 radical (unpaired) electrons. The van der Waals surface area contributed by atoms with Gasteiger partial charge in [-0.2, -0.15) is 0 Å². The zero-order chi connectivity index (χ0) is 13.8. The van der Waals surface area contributed by atoms with Gasteiger partial charge in [0.25, 0.3) is 0 Å². The van der Waals surface area contributed by atoms with Gasteiger partial charge in [-0.05, 0) is 42.6 Å². The minimum atomic E-state index is -1.01. The topological polar surface area (TPSA) is 49.8 Å². The van der Waals surface area contributed by atoms with Crippen LogP contribution in [0.5, 0.6) is 0 Å². The van der Waals surface area contributed by atoms with Gasteiger partial charge in [0.1, 0.15) is 5.82 Å². The number of ether oxygens (including phenoxy) is 1. The first-order valence-corrected chi connectivity index (χ1v) is 6.33. The quantitative estimate of drug-likeness (QED) is 0.886. The maximum Gasteiger partial charge on any atom is 0.336 e. The van der Waals surface area contributed by atoms with Crippen LogP contribution in [0.15, 0.2) is 18.2 Å². The summed E-state index contributed by atoms with van der Waals surface area (Å²) in [5.74, 6) is -0.929. The van der Waals surface area contributed by atoms with E-state index in [9.17, 15) is 9.18 Å². The van der Waals surface area contributed by atoms with E-state index in [1.54, 1.807) is 7.11 Å². The van der Waals surface area contributed by atoms with Crippen molar-refractivity contribution in [2.75, 3.05) is 26.8 Å². The maximum absolute atomic E-state index is 13.3. The monoisotopic (exact) mass is 267 g/mol. The number of hydrogen-bond donors (Lipinski definition) is 1. The lowest BCUT2D eigenvalue weighted by atomic mass is 10.1. The van der Waals surface area contributed by atoms with Gasteiger partial charge in [0, 0.05) is 20.2 Å². The van der Waals surface area contributed by atoms with Crippen LogP contribution in [-0.2, 0) is 11.3 Å². The molecule has 1 N–H and O–H groups in total. The van der Waals surface area contributed by atoms with Crippen molar-refractivity contribution in [3.63, 3.8) is 0 Å². The van der Waals surface area contributed by atoms with Crippen LogP contribution in [-0.4, -0.2) is 42.8 Å². The van der Waals surface area contributed by atoms with Crippen LogP contribution in [0.2, 0.25) is 0 Å². The first kappa shape index (κ1) is 14.0. The summed E-state index contributed by atoms with van der Waals surface area (Å²) >= 11 is 0. The molecule has 1 saturated heterocycles. The Morgan fingerprint density at radius 2 is 2.37 bits per heavy atom. The number of hydrogen-bond acceptors (Lipinski definition) is 3. The summed E-state index contributed by atoms with van der Waals surface area (Å²) in [6, 6.07) is 3.83. The van der Waals surface area contributed by atoms with E-state index in [1.807, 2.05) is 0 Å². The smallest absolute Gasteiger partial charge is 0.336 e. The summed E-state index contributed by atoms with van der Waals surface area (Å²) in [7, 11) is 1.68. The number of likely N-dealkylation sites (tertiary alicyclic amines) is 1. The molecule has 4 nitrogen and oxygen atoms in total. The fraction of sp³-hybridized carbons (Fsp3) is 0.500. The molecule has 2 rings (SSSR count). The largest absolute Gasteiger partial charge is 0.478 e. The molecule has 0 saturated carbocycles. The molecule has 1 aliphatic heterocycles. The Balaban J connectivity index is 2.07. The number of carboxylic acids is 1. The van der Waals surface area contributed by atoms with Gasteiger partial charge in [0.15, 0.2) is 0 Å². The minimum absolute atomic E-state index is 0.177. The number of benzene rings is 1. The summed E-state index contributed by atoms with van der Waals surface area (Å²) < 4.78 is 18.4. The van der Waals surface area contributed by atoms with Gasteiger partial charge >= 0.3 is 5.97 Å². The molecule has 0 aromatic heterocycles. The van der Waals surface area contributed by atoms with Crippen LogP contribution in [0, 0.1) is 11.7 Å². The van der Waals surface area contributed by atoms with E-state index < -0.39 is 11.8 Å². The summed E-state index contributed by atoms with van der Waals surface area (Å²) in [5.41, 5.74) is 0.710. The highest BCUT2D eigenvalue weighted by Gasteiger charge is 2.23. The number of carboxylic acid groups (broad SMARTS) is 1. The molecule has 0 spiro atoms. The van der Waals surface area contributed by atoms with Crippen molar-refractivity contribution in [3.8, 4) is 0 Å². The van der Waals surface area contributed by atoms with Gasteiger partial charge in [-0.15, -0.1) is 0 Å². The van der Waals surface area contributed by atoms with E-state index in [1.165, 1.54) is 18.2 Å². The number of nitrogens with zero attached hydrogens (tertiary/aromatic N) is 1. The fourth-order valence-corrected chi connectivity index (χ4v) is 2.57. The third kappa shape index (κ3) is 3.52. The Bertz CT molecular complexity index is 464. The van der Waals surface area contributed by atoms with Crippen LogP contribution >= 0.6 is 0 Å². The Morgan fingerprint density at radius 1 is 1.58 bits per heavy atom. The summed E-state index contributed by atoms with van der Waals surface area (Å²) in [4.78, 5) is 13.3. The third-order valence-corrected chi connectivity index (χ3v) is 3.46. The van der Waals surface area contributed by atoms with Crippen LogP contribution in [0.1, 0.15) is 22.3 Å². The van der Waals surface area contributed by atoms with E-state index >= 15 is 0 Å². The second-order valence-electron chi connectivity index (χ2n) is 4.95. The van der Waals surface area contributed by atoms with E-state index in [4.69, 9.17) is 9.84 Å². The molecule has 5 heteroatoms. The van der Waals surface area contributed by atoms with E-state index in [-0.39, 0.29) is 5.56 Å². The van der Waals surface area contributed by atoms with Crippen molar-refractivity contribution in [1.29, 1.82) is 0 Å². The molecule has 1 aromatic carbocycles. The Labute approximate surface area is 111 Å². The maximum atomic E-state index is 13.3. The minimum Gasteiger partial charge on any atom is -0.478 e. The molecular formula is C14H18FNO3. The van der Waals surface area contributed by atoms with Crippen molar-refractivity contribution in [1.82, 2.24) is 4.90 Å². The number of methoxy groups -OCH3 is 1. The molecule has 1 aliphatic rings. The van der Waals surface area contributed by atoms with E-state index in [2.05, 4.69) is 4.90 Å². The zero-order valence-electron chi connectivity index (χ0n) is 10.9. The van der Waals surface area contributed by atoms with Crippen molar-refractivity contribution < 1.29 is 19.0 Å². The average Bonchev–Trinajstić information content (AvgIpc) is 2.77. The second kappa shape index (κ2) is 6.12. The molecular weight excluding hydrogens is 249 g/mol. The number of aromatic carboxylic acids is 1. The van der Waals surface area contributed by atoms with Crippen molar-refractivity contribution in [3.05, 3.63) is 35.1 Å². The molecule has 19 heavy (non-hydrogen) atoms. The lowest BCUT2D eigenvalue weighted by Gasteiger charge is -2.17. The molecule has 0 amide bonds. The summed E-state index contributed by atoms with van der Waals surface area (Å²) in [5, 5.41) is 9.11. The van der Waals surface area contributed by atoms with Gasteiger partial charge in [-0.3, -0.25) is 4.90 Å². The van der Waals surface area contributed by atoms with Crippen molar-refractivity contribution in [2.24, 2.45) is 5.92 Å². The highest BCUT2D eigenvalue weighted by atomic mass is 19.1. The molecule has 1 unspecified atom stereocenters. The predicted octanol–water partition coefficient (Wildman–Crippen LogP) is 1.99. The molecule has 1 aromatic rings. The first-order valence-electron chi connectivity index (χ1n) is 6.33. The summed E-state index contributed by atoms with van der Waals surface area (Å²) in [6.07, 6.45) is 1.03. The first-order chi connectivity index (χ1) is 9.10. The molecule has 104 valence electrons. The van der Waals surface area contributed by atoms with Crippen LogP contribution < -0.4 is 0 Å². The molecule has 0 aliphatic carbocycles. The van der Waals surface area contributed by atoms with Gasteiger partial charge < -0.3 is 9.84 Å². The zero-order valence-corrected chi connectivity index (χ0v) is 10.9. The normalized spacial score (nSPS) is 19.8. The van der Waals surface area contributed by atoms with E-state index in [0.29, 0.717) is 24.6 Å². The van der Waals surface area contributed by atoms with Gasteiger partial charge in [0.05, 0.1) is 12.2 Å². The van der Waals surface area contributed by atoms with Crippen molar-refractivity contribution in [2.45, 2.75) is 13.0 Å². The van der Waals surface area contributed by atoms with Crippen LogP contribution in [0.25, 0.3) is 0 Å². The molecule has 1 heterocycles. The lowest BCUT2D eigenvalue weighted by molar-refractivity contribution is 0.0694. The highest BCUT2D eigenvalue weighted by Crippen LogP contribution is 2.21. The van der Waals surface area contributed by atoms with Gasteiger partial charge in [0.2, 0.25) is 0 Å². The average molecular weight is 267 g/mol. The van der Waals surface area contributed by atoms with E-state index in [0.717, 1.165) is 19.5 Å². The number of carbonyl (C=O) groups is 1. The number of halogens is 1. The molecule has 1 atom stereocenters. The highest BCUT2D eigenvalue weighted by molar-refractivity contribution is 5.89. The fourth-order valence-electron chi connectivity index (χ4n) is 2.57. The third-order valence-electron chi connectivity index (χ3n) is 3.46. The SMILES string of the molecule is COCC1CCN(Cc2cc(F)ccc2C(=O)O)C1. The second-order valence-corrected chi connectivity index (χ2v) is 4.95. The standard InChI is InChI=1S/C14H18FNO3/c1-19-9-10-4-5-16(7-10)8-11-6-12(15)2-3-13(11)14(17)18/h2-3,6,10H,4-5,7-9H2,1H3,(H,17,18). The predicted molar refractivity (Wildman–Crippen MR) is 68.6 cm³/mol. The van der Waals surface area contributed by atoms with Crippen LogP contribution in [0.3, 0.4) is 0 Å². The van der Waals surface area contributed by atoms with Gasteiger partial charge in [-0.1, -0.05) is 0 Å². The van der Waals surface area contributed by atoms with Crippen molar-refractivity contribution >= 4 is 5.97 Å². The Hall–Kier alpha value is -1.46.